The molecule has 4 N–H and O–H groups in total. The molecule has 0 saturated heterocycles. The summed E-state index contributed by atoms with van der Waals surface area (Å²) in [6, 6.07) is 27.7. The van der Waals surface area contributed by atoms with Gasteiger partial charge in [-0.05, 0) is 91.9 Å². The van der Waals surface area contributed by atoms with E-state index in [1.54, 1.807) is 86.2 Å². The maximum absolute atomic E-state index is 12.8. The van der Waals surface area contributed by atoms with Gasteiger partial charge in [0.2, 0.25) is 9.84 Å². The fraction of sp³-hybridized carbons (Fsp3) is 0.200. The summed E-state index contributed by atoms with van der Waals surface area (Å²) in [5.41, 5.74) is 1.01. The first-order valence-corrected chi connectivity index (χ1v) is 21.8. The van der Waals surface area contributed by atoms with Gasteiger partial charge in [-0.3, -0.25) is 13.7 Å². The molecule has 0 heterocycles. The molecule has 22 heteroatoms. The van der Waals surface area contributed by atoms with Crippen LogP contribution in [0.5, 0.6) is 28.7 Å². The van der Waals surface area contributed by atoms with Gasteiger partial charge in [0.05, 0.1) is 35.7 Å². The number of hydrogen-bond acceptors (Lipinski definition) is 15. The molecular formula is C30H38O17S5. The highest BCUT2D eigenvalue weighted by atomic mass is 32.2. The molecule has 0 amide bonds. The lowest BCUT2D eigenvalue weighted by Gasteiger charge is -2.10. The Balaban J connectivity index is 0.00000107. The first-order valence-electron chi connectivity index (χ1n) is 13.7. The molecule has 17 nitrogen and oxygen atoms in total. The predicted molar refractivity (Wildman–Crippen MR) is 193 cm³/mol. The van der Waals surface area contributed by atoms with E-state index in [1.165, 1.54) is 0 Å². The van der Waals surface area contributed by atoms with Crippen LogP contribution in [0.3, 0.4) is 0 Å². The van der Waals surface area contributed by atoms with Gasteiger partial charge in [0.15, 0.2) is 0 Å². The SMILES string of the molecule is COc1ccc(Oc2ccc(Oc3ccc(S(=O)(=O)c4ccc(C)cc4)cc3)cc2)cc1.CS(=O)(=O)O.CS(=O)(=O)O.CS(=O)(=O)O.CSOOO. The fourth-order valence-corrected chi connectivity index (χ4v) is 4.38. The van der Waals surface area contributed by atoms with E-state index in [0.29, 0.717) is 41.8 Å². The minimum absolute atomic E-state index is 0.219. The third-order valence-corrected chi connectivity index (χ3v) is 6.90. The molecule has 0 radical (unpaired) electrons. The summed E-state index contributed by atoms with van der Waals surface area (Å²) in [6.07, 6.45) is 3.77. The quantitative estimate of drug-likeness (QED) is 0.0690. The van der Waals surface area contributed by atoms with E-state index >= 15 is 0 Å². The van der Waals surface area contributed by atoms with Crippen molar-refractivity contribution in [3.05, 3.63) is 103 Å². The maximum atomic E-state index is 12.8. The number of sulfone groups is 1. The highest BCUT2D eigenvalue weighted by Gasteiger charge is 2.17. The molecule has 0 spiro atoms. The van der Waals surface area contributed by atoms with E-state index in [1.807, 2.05) is 31.2 Å². The lowest BCUT2D eigenvalue weighted by atomic mass is 10.2. The first-order chi connectivity index (χ1) is 23.8. The standard InChI is InChI=1S/C26H22O5S.4CH4O3S/c1-19-3-15-25(16-4-19)32(27,28)26-17-13-24(14-18-26)31-23-11-9-22(10-12-23)30-21-7-5-20(29-2)6-8-21;3*1-5(2,3)4;1-5-4-3-2/h3-18H,1-2H3;3*1H3,(H,2,3,4);2H,1H3. The van der Waals surface area contributed by atoms with Crippen molar-refractivity contribution < 1.29 is 76.2 Å². The van der Waals surface area contributed by atoms with Crippen molar-refractivity contribution in [2.24, 2.45) is 0 Å². The highest BCUT2D eigenvalue weighted by Crippen LogP contribution is 2.29. The van der Waals surface area contributed by atoms with Crippen LogP contribution < -0.4 is 14.2 Å². The Kier molecular flexibility index (Phi) is 21.3. The van der Waals surface area contributed by atoms with Crippen molar-refractivity contribution in [1.29, 1.82) is 0 Å². The summed E-state index contributed by atoms with van der Waals surface area (Å²) in [6.45, 7) is 1.92. The second-order valence-corrected chi connectivity index (χ2v) is 16.5. The largest absolute Gasteiger partial charge is 0.497 e. The minimum atomic E-state index is -3.67. The molecule has 0 bridgehead atoms. The van der Waals surface area contributed by atoms with E-state index in [4.69, 9.17) is 33.1 Å². The number of rotatable bonds is 9. The lowest BCUT2D eigenvalue weighted by Crippen LogP contribution is -2.01. The molecule has 4 aromatic rings. The van der Waals surface area contributed by atoms with E-state index in [0.717, 1.165) is 23.4 Å². The van der Waals surface area contributed by atoms with Crippen molar-refractivity contribution in [3.8, 4) is 28.7 Å². The Bertz CT molecular complexity index is 1950. The summed E-state index contributed by atoms with van der Waals surface area (Å²) in [5.74, 6) is 3.28. The summed E-state index contributed by atoms with van der Waals surface area (Å²) < 4.78 is 124. The van der Waals surface area contributed by atoms with E-state index in [-0.39, 0.29) is 9.79 Å². The first kappa shape index (κ1) is 48.2. The molecule has 0 aliphatic heterocycles. The average molecular weight is 831 g/mol. The summed E-state index contributed by atoms with van der Waals surface area (Å²) in [5, 5.41) is 10.5. The topological polar surface area (TPSA) is 264 Å². The third kappa shape index (κ3) is 26.0. The normalized spacial score (nSPS) is 11.0. The molecule has 0 atom stereocenters. The average Bonchev–Trinajstić information content (AvgIpc) is 3.01. The van der Waals surface area contributed by atoms with Crippen LogP contribution >= 0.6 is 12.0 Å². The van der Waals surface area contributed by atoms with Gasteiger partial charge in [-0.2, -0.15) is 25.3 Å². The summed E-state index contributed by atoms with van der Waals surface area (Å²) >= 11 is 0.929. The molecule has 0 aromatic heterocycles. The zero-order valence-corrected chi connectivity index (χ0v) is 32.5. The van der Waals surface area contributed by atoms with Gasteiger partial charge in [0.1, 0.15) is 28.7 Å². The molecule has 52 heavy (non-hydrogen) atoms. The smallest absolute Gasteiger partial charge is 0.261 e. The Morgan fingerprint density at radius 1 is 0.500 bits per heavy atom. The van der Waals surface area contributed by atoms with Crippen LogP contribution in [0.25, 0.3) is 0 Å². The highest BCUT2D eigenvalue weighted by molar-refractivity contribution is 7.93. The summed E-state index contributed by atoms with van der Waals surface area (Å²) in [4.78, 5) is 0.487. The van der Waals surface area contributed by atoms with Crippen molar-refractivity contribution in [2.75, 3.05) is 32.1 Å². The zero-order chi connectivity index (χ0) is 40.2. The van der Waals surface area contributed by atoms with Crippen molar-refractivity contribution >= 4 is 52.2 Å². The van der Waals surface area contributed by atoms with Gasteiger partial charge in [-0.25, -0.2) is 13.7 Å². The predicted octanol–water partition coefficient (Wildman–Crippen LogP) is 5.62. The fourth-order valence-electron chi connectivity index (χ4n) is 3.06. The molecule has 0 saturated carbocycles. The van der Waals surface area contributed by atoms with Crippen LogP contribution in [0.2, 0.25) is 0 Å². The van der Waals surface area contributed by atoms with E-state index in [2.05, 4.69) is 9.37 Å². The molecule has 4 aromatic carbocycles. The Hall–Kier alpha value is -3.81. The van der Waals surface area contributed by atoms with Gasteiger partial charge in [0.25, 0.3) is 30.4 Å². The van der Waals surface area contributed by atoms with Crippen LogP contribution in [-0.4, -0.2) is 84.7 Å². The van der Waals surface area contributed by atoms with Gasteiger partial charge in [-0.15, -0.1) is 4.33 Å². The van der Waals surface area contributed by atoms with Gasteiger partial charge >= 0.3 is 0 Å². The van der Waals surface area contributed by atoms with Crippen molar-refractivity contribution in [1.82, 2.24) is 0 Å². The molecule has 290 valence electrons. The number of aryl methyl sites for hydroxylation is 1. The van der Waals surface area contributed by atoms with Gasteiger partial charge in [-0.1, -0.05) is 22.7 Å². The van der Waals surface area contributed by atoms with Crippen molar-refractivity contribution in [3.63, 3.8) is 0 Å². The van der Waals surface area contributed by atoms with Crippen LogP contribution in [0.1, 0.15) is 5.56 Å². The van der Waals surface area contributed by atoms with E-state index < -0.39 is 40.2 Å². The monoisotopic (exact) mass is 830 g/mol. The second kappa shape index (κ2) is 23.0. The second-order valence-electron chi connectivity index (χ2n) is 9.65. The minimum Gasteiger partial charge on any atom is -0.497 e. The molecule has 0 aliphatic carbocycles. The molecular weight excluding hydrogens is 793 g/mol. The summed E-state index contributed by atoms with van der Waals surface area (Å²) in [7, 11) is -12.9. The number of benzene rings is 4. The maximum Gasteiger partial charge on any atom is 0.261 e. The Labute approximate surface area is 307 Å². The zero-order valence-electron chi connectivity index (χ0n) is 28.4. The molecule has 4 rings (SSSR count). The van der Waals surface area contributed by atoms with Crippen LogP contribution in [0, 0.1) is 6.92 Å². The lowest BCUT2D eigenvalue weighted by molar-refractivity contribution is -0.432. The molecule has 0 aliphatic rings. The Morgan fingerprint density at radius 3 is 0.981 bits per heavy atom. The van der Waals surface area contributed by atoms with E-state index in [9.17, 15) is 33.7 Å². The van der Waals surface area contributed by atoms with Crippen LogP contribution in [0.15, 0.2) is 107 Å². The third-order valence-electron chi connectivity index (χ3n) is 4.92. The number of ether oxygens (including phenoxy) is 3. The number of methoxy groups -OCH3 is 1. The van der Waals surface area contributed by atoms with Crippen molar-refractivity contribution in [2.45, 2.75) is 16.7 Å². The number of hydrogen-bond donors (Lipinski definition) is 4. The molecule has 0 fully saturated rings. The Morgan fingerprint density at radius 2 is 0.750 bits per heavy atom. The van der Waals surface area contributed by atoms with Crippen LogP contribution in [-0.2, 0) is 49.6 Å². The van der Waals surface area contributed by atoms with Gasteiger partial charge in [0, 0.05) is 18.3 Å². The molecule has 0 unspecified atom stereocenters. The van der Waals surface area contributed by atoms with Gasteiger partial charge < -0.3 is 14.2 Å². The van der Waals surface area contributed by atoms with Crippen LogP contribution in [0.4, 0.5) is 0 Å².